The van der Waals surface area contributed by atoms with Crippen LogP contribution in [0.3, 0.4) is 0 Å². The fraction of sp³-hybridized carbons (Fsp3) is 0.286. The first-order valence-corrected chi connectivity index (χ1v) is 7.96. The minimum Gasteiger partial charge on any atom is -0.465 e. The van der Waals surface area contributed by atoms with Crippen molar-refractivity contribution in [3.63, 3.8) is 0 Å². The van der Waals surface area contributed by atoms with Crippen molar-refractivity contribution in [2.24, 2.45) is 0 Å². The summed E-state index contributed by atoms with van der Waals surface area (Å²) >= 11 is 3.93. The zero-order chi connectivity index (χ0) is 13.7. The number of esters is 1. The third-order valence-electron chi connectivity index (χ3n) is 2.82. The van der Waals surface area contributed by atoms with Crippen LogP contribution in [0.1, 0.15) is 27.9 Å². The quantitative estimate of drug-likeness (QED) is 0.446. The highest BCUT2D eigenvalue weighted by molar-refractivity contribution is 14.1. The van der Waals surface area contributed by atoms with Crippen molar-refractivity contribution >= 4 is 39.9 Å². The Hall–Kier alpha value is -0.950. The van der Waals surface area contributed by atoms with Crippen LogP contribution in [0.25, 0.3) is 0 Å². The van der Waals surface area contributed by atoms with Gasteiger partial charge in [0.2, 0.25) is 0 Å². The minimum atomic E-state index is -0.331. The fourth-order valence-corrected chi connectivity index (χ4v) is 3.08. The lowest BCUT2D eigenvalue weighted by molar-refractivity contribution is 0.0600. The van der Waals surface area contributed by atoms with Crippen molar-refractivity contribution < 1.29 is 9.53 Å². The summed E-state index contributed by atoms with van der Waals surface area (Å²) in [6.07, 6.45) is 4.60. The lowest BCUT2D eigenvalue weighted by Crippen LogP contribution is -2.05. The normalized spacial score (nSPS) is 10.4. The number of pyridine rings is 1. The minimum absolute atomic E-state index is 0.331. The summed E-state index contributed by atoms with van der Waals surface area (Å²) in [5.41, 5.74) is 3.00. The maximum absolute atomic E-state index is 11.5. The number of rotatable bonds is 5. The van der Waals surface area contributed by atoms with Crippen LogP contribution in [0.4, 0.5) is 0 Å². The van der Waals surface area contributed by atoms with Gasteiger partial charge in [0.25, 0.3) is 0 Å². The molecule has 100 valence electrons. The molecule has 0 saturated heterocycles. The summed E-state index contributed by atoms with van der Waals surface area (Å²) in [5.74, 6) is -0.331. The van der Waals surface area contributed by atoms with E-state index in [4.69, 9.17) is 4.74 Å². The average molecular weight is 387 g/mol. The predicted octanol–water partition coefficient (Wildman–Crippen LogP) is 3.71. The lowest BCUT2D eigenvalue weighted by atomic mass is 10.1. The molecule has 0 aliphatic carbocycles. The van der Waals surface area contributed by atoms with E-state index in [1.54, 1.807) is 17.5 Å². The van der Waals surface area contributed by atoms with Crippen LogP contribution in [0.2, 0.25) is 0 Å². The van der Waals surface area contributed by atoms with Crippen molar-refractivity contribution in [3.05, 3.63) is 49.5 Å². The average Bonchev–Trinajstić information content (AvgIpc) is 2.93. The molecule has 0 radical (unpaired) electrons. The third kappa shape index (κ3) is 4.01. The van der Waals surface area contributed by atoms with Crippen molar-refractivity contribution in [2.45, 2.75) is 19.3 Å². The molecule has 3 nitrogen and oxygen atoms in total. The van der Waals surface area contributed by atoms with Crippen molar-refractivity contribution in [2.75, 3.05) is 7.11 Å². The summed E-state index contributed by atoms with van der Waals surface area (Å²) in [6.45, 7) is 0. The molecule has 0 aliphatic rings. The van der Waals surface area contributed by atoms with E-state index in [9.17, 15) is 4.79 Å². The van der Waals surface area contributed by atoms with E-state index in [0.717, 1.165) is 28.5 Å². The number of ether oxygens (including phenoxy) is 1. The molecule has 0 aromatic carbocycles. The molecule has 5 heteroatoms. The first-order valence-electron chi connectivity index (χ1n) is 5.94. The molecule has 2 aromatic heterocycles. The second-order valence-corrected chi connectivity index (χ2v) is 5.95. The molecule has 0 N–H and O–H groups in total. The first-order chi connectivity index (χ1) is 9.20. The van der Waals surface area contributed by atoms with Gasteiger partial charge < -0.3 is 4.74 Å². The number of methoxy groups -OCH3 is 1. The fourth-order valence-electron chi connectivity index (χ4n) is 1.82. The van der Waals surface area contributed by atoms with Gasteiger partial charge in [-0.05, 0) is 75.9 Å². The molecule has 0 bridgehead atoms. The highest BCUT2D eigenvalue weighted by Crippen LogP contribution is 2.16. The van der Waals surface area contributed by atoms with Gasteiger partial charge >= 0.3 is 5.97 Å². The van der Waals surface area contributed by atoms with Crippen LogP contribution in [0.5, 0.6) is 0 Å². The van der Waals surface area contributed by atoms with E-state index in [1.807, 2.05) is 6.07 Å². The summed E-state index contributed by atoms with van der Waals surface area (Å²) in [6, 6.07) is 4.03. The lowest BCUT2D eigenvalue weighted by Gasteiger charge is -2.06. The number of thiophene rings is 1. The molecule has 0 aliphatic heterocycles. The molecule has 2 heterocycles. The summed E-state index contributed by atoms with van der Waals surface area (Å²) in [7, 11) is 1.39. The second kappa shape index (κ2) is 7.00. The Kier molecular flexibility index (Phi) is 5.33. The Balaban J connectivity index is 2.00. The van der Waals surface area contributed by atoms with Crippen LogP contribution >= 0.6 is 33.9 Å². The van der Waals surface area contributed by atoms with Gasteiger partial charge in [0, 0.05) is 6.20 Å². The van der Waals surface area contributed by atoms with E-state index < -0.39 is 0 Å². The predicted molar refractivity (Wildman–Crippen MR) is 84.6 cm³/mol. The number of nitrogens with zero attached hydrogens (tertiary/aromatic N) is 1. The number of halogens is 1. The number of carbonyl (C=O) groups is 1. The molecule has 0 spiro atoms. The standard InChI is InChI=1S/C14H14INO2S/c1-18-14(17)12-7-11(13(15)16-8-12)4-2-3-10-5-6-19-9-10/h5-9H,2-4H2,1H3. The van der Waals surface area contributed by atoms with Crippen LogP contribution in [-0.2, 0) is 17.6 Å². The van der Waals surface area contributed by atoms with Gasteiger partial charge in [0.15, 0.2) is 0 Å². The SMILES string of the molecule is COC(=O)c1cnc(I)c(CCCc2ccsc2)c1. The topological polar surface area (TPSA) is 39.2 Å². The maximum atomic E-state index is 11.5. The van der Waals surface area contributed by atoms with Gasteiger partial charge in [0.1, 0.15) is 3.70 Å². The smallest absolute Gasteiger partial charge is 0.339 e. The second-order valence-electron chi connectivity index (χ2n) is 4.15. The molecule has 2 rings (SSSR count). The van der Waals surface area contributed by atoms with Gasteiger partial charge in [0.05, 0.1) is 12.7 Å². The highest BCUT2D eigenvalue weighted by atomic mass is 127. The Morgan fingerprint density at radius 2 is 2.32 bits per heavy atom. The van der Waals surface area contributed by atoms with Gasteiger partial charge in [-0.1, -0.05) is 0 Å². The van der Waals surface area contributed by atoms with Gasteiger partial charge in [-0.2, -0.15) is 11.3 Å². The molecule has 0 atom stereocenters. The number of aryl methyl sites for hydroxylation is 2. The van der Waals surface area contributed by atoms with Crippen molar-refractivity contribution in [1.29, 1.82) is 0 Å². The molecular formula is C14H14INO2S. The maximum Gasteiger partial charge on any atom is 0.339 e. The van der Waals surface area contributed by atoms with Crippen LogP contribution in [0.15, 0.2) is 29.1 Å². The van der Waals surface area contributed by atoms with E-state index in [0.29, 0.717) is 5.56 Å². The van der Waals surface area contributed by atoms with Crippen LogP contribution in [0, 0.1) is 3.70 Å². The molecule has 0 unspecified atom stereocenters. The van der Waals surface area contributed by atoms with E-state index in [-0.39, 0.29) is 5.97 Å². The molecule has 0 amide bonds. The van der Waals surface area contributed by atoms with Gasteiger partial charge in [-0.15, -0.1) is 0 Å². The Labute approximate surface area is 130 Å². The molecule has 19 heavy (non-hydrogen) atoms. The zero-order valence-electron chi connectivity index (χ0n) is 10.6. The summed E-state index contributed by atoms with van der Waals surface area (Å²) < 4.78 is 5.67. The number of aromatic nitrogens is 1. The largest absolute Gasteiger partial charge is 0.465 e. The Bertz CT molecular complexity index is 555. The van der Waals surface area contributed by atoms with Gasteiger partial charge in [-0.25, -0.2) is 9.78 Å². The van der Waals surface area contributed by atoms with Crippen molar-refractivity contribution in [3.8, 4) is 0 Å². The molecule has 0 fully saturated rings. The number of hydrogen-bond acceptors (Lipinski definition) is 4. The first kappa shape index (κ1) is 14.5. The number of hydrogen-bond donors (Lipinski definition) is 0. The molecule has 0 saturated carbocycles. The van der Waals surface area contributed by atoms with E-state index >= 15 is 0 Å². The molecule has 2 aromatic rings. The Morgan fingerprint density at radius 1 is 1.47 bits per heavy atom. The highest BCUT2D eigenvalue weighted by Gasteiger charge is 2.09. The number of carbonyl (C=O) groups excluding carboxylic acids is 1. The monoisotopic (exact) mass is 387 g/mol. The van der Waals surface area contributed by atoms with Crippen LogP contribution in [-0.4, -0.2) is 18.1 Å². The van der Waals surface area contributed by atoms with E-state index in [1.165, 1.54) is 12.7 Å². The zero-order valence-corrected chi connectivity index (χ0v) is 13.5. The third-order valence-corrected chi connectivity index (χ3v) is 4.53. The van der Waals surface area contributed by atoms with Crippen LogP contribution < -0.4 is 0 Å². The van der Waals surface area contributed by atoms with Gasteiger partial charge in [-0.3, -0.25) is 0 Å². The van der Waals surface area contributed by atoms with Crippen molar-refractivity contribution in [1.82, 2.24) is 4.98 Å². The summed E-state index contributed by atoms with van der Waals surface area (Å²) in [4.78, 5) is 15.7. The Morgan fingerprint density at radius 3 is 3.00 bits per heavy atom. The molecular weight excluding hydrogens is 373 g/mol. The summed E-state index contributed by atoms with van der Waals surface area (Å²) in [5, 5.41) is 4.27. The van der Waals surface area contributed by atoms with E-state index in [2.05, 4.69) is 44.4 Å².